The monoisotopic (exact) mass is 452 g/mol. The van der Waals surface area contributed by atoms with E-state index in [1.165, 1.54) is 0 Å². The number of alkyl halides is 6. The molecule has 30 heavy (non-hydrogen) atoms. The Bertz CT molecular complexity index is 1220. The van der Waals surface area contributed by atoms with Crippen LogP contribution in [0.3, 0.4) is 0 Å². The van der Waals surface area contributed by atoms with Gasteiger partial charge in [-0.1, -0.05) is 11.6 Å². The van der Waals surface area contributed by atoms with E-state index in [4.69, 9.17) is 11.6 Å². The van der Waals surface area contributed by atoms with Crippen molar-refractivity contribution in [3.8, 4) is 5.75 Å². The lowest BCUT2D eigenvalue weighted by molar-refractivity contribution is -0.138. The minimum Gasteiger partial charge on any atom is -0.506 e. The van der Waals surface area contributed by atoms with Crippen LogP contribution in [0.2, 0.25) is 5.02 Å². The molecule has 0 saturated heterocycles. The lowest BCUT2D eigenvalue weighted by Gasteiger charge is -2.11. The van der Waals surface area contributed by atoms with Crippen LogP contribution < -0.4 is 10.9 Å². The fourth-order valence-corrected chi connectivity index (χ4v) is 2.63. The molecule has 0 aliphatic carbocycles. The number of carbonyl (C=O) groups excluding carboxylic acids is 1. The van der Waals surface area contributed by atoms with Gasteiger partial charge in [-0.2, -0.15) is 26.3 Å². The molecule has 0 atom stereocenters. The van der Waals surface area contributed by atoms with E-state index in [0.29, 0.717) is 24.4 Å². The van der Waals surface area contributed by atoms with Crippen molar-refractivity contribution in [2.75, 3.05) is 5.32 Å². The number of pyridine rings is 1. The fourth-order valence-electron chi connectivity index (χ4n) is 2.42. The van der Waals surface area contributed by atoms with Gasteiger partial charge in [0.2, 0.25) is 0 Å². The van der Waals surface area contributed by atoms with Crippen molar-refractivity contribution in [3.05, 3.63) is 62.6 Å². The van der Waals surface area contributed by atoms with Crippen molar-refractivity contribution in [1.29, 1.82) is 0 Å². The molecular formula is C17H7ClF6N2O4. The van der Waals surface area contributed by atoms with Gasteiger partial charge >= 0.3 is 18.0 Å². The topological polar surface area (TPSA) is 92.4 Å². The molecular weight excluding hydrogens is 446 g/mol. The number of fused-ring (bicyclic) bond motifs is 1. The molecule has 2 N–H and O–H groups in total. The first-order valence-corrected chi connectivity index (χ1v) is 8.08. The van der Waals surface area contributed by atoms with E-state index in [9.17, 15) is 41.0 Å². The number of halogens is 7. The zero-order chi connectivity index (χ0) is 22.4. The Hall–Kier alpha value is -3.28. The average Bonchev–Trinajstić information content (AvgIpc) is 2.61. The number of nitrogens with zero attached hydrogens (tertiary/aromatic N) is 1. The van der Waals surface area contributed by atoms with Crippen LogP contribution in [-0.4, -0.2) is 16.0 Å². The zero-order valence-electron chi connectivity index (χ0n) is 14.2. The largest absolute Gasteiger partial charge is 0.506 e. The molecule has 6 nitrogen and oxygen atoms in total. The van der Waals surface area contributed by atoms with Crippen molar-refractivity contribution < 1.29 is 40.7 Å². The molecule has 0 aliphatic rings. The molecule has 158 valence electrons. The van der Waals surface area contributed by atoms with E-state index in [1.807, 2.05) is 5.32 Å². The fraction of sp³-hybridized carbons (Fsp3) is 0.118. The molecule has 0 bridgehead atoms. The Labute approximate surface area is 166 Å². The first-order chi connectivity index (χ1) is 13.8. The van der Waals surface area contributed by atoms with E-state index in [-0.39, 0.29) is 5.39 Å². The van der Waals surface area contributed by atoms with Crippen molar-refractivity contribution in [2.45, 2.75) is 12.4 Å². The number of aromatic nitrogens is 1. The van der Waals surface area contributed by atoms with Crippen LogP contribution in [0, 0.1) is 0 Å². The number of anilines is 1. The summed E-state index contributed by atoms with van der Waals surface area (Å²) in [6.45, 7) is 0. The van der Waals surface area contributed by atoms with Crippen LogP contribution in [0.4, 0.5) is 32.2 Å². The SMILES string of the molecule is O=C(Nc1ncc(C(F)(F)F)cc1Cl)c1c(O)c2ccc(C(F)(F)F)cc2oc1=O. The molecule has 0 fully saturated rings. The highest BCUT2D eigenvalue weighted by molar-refractivity contribution is 6.33. The molecule has 3 aromatic rings. The number of rotatable bonds is 2. The first kappa shape index (κ1) is 21.4. The molecule has 2 heterocycles. The number of carbonyl (C=O) groups is 1. The van der Waals surface area contributed by atoms with Gasteiger partial charge in [0.1, 0.15) is 11.3 Å². The standard InChI is InChI=1S/C17H7ClF6N2O4/c18-9-3-7(17(22,23)24)5-25-13(9)26-14(28)11-12(27)8-2-1-6(16(19,20)21)4-10(8)30-15(11)29/h1-5,27H,(H,25,26,28). The Morgan fingerprint density at radius 1 is 1.07 bits per heavy atom. The lowest BCUT2D eigenvalue weighted by atomic mass is 10.1. The van der Waals surface area contributed by atoms with Crippen molar-refractivity contribution >= 4 is 34.3 Å². The van der Waals surface area contributed by atoms with Crippen molar-refractivity contribution in [3.63, 3.8) is 0 Å². The van der Waals surface area contributed by atoms with Gasteiger partial charge in [0.15, 0.2) is 11.4 Å². The Morgan fingerprint density at radius 3 is 2.27 bits per heavy atom. The number of hydrogen-bond donors (Lipinski definition) is 2. The van der Waals surface area contributed by atoms with Gasteiger partial charge < -0.3 is 14.8 Å². The summed E-state index contributed by atoms with van der Waals surface area (Å²) >= 11 is 5.65. The highest BCUT2D eigenvalue weighted by atomic mass is 35.5. The summed E-state index contributed by atoms with van der Waals surface area (Å²) < 4.78 is 80.9. The van der Waals surface area contributed by atoms with Gasteiger partial charge in [-0.05, 0) is 24.3 Å². The third-order valence-electron chi connectivity index (χ3n) is 3.84. The van der Waals surface area contributed by atoms with Crippen LogP contribution in [0.25, 0.3) is 11.0 Å². The molecule has 1 amide bonds. The summed E-state index contributed by atoms with van der Waals surface area (Å²) in [5.74, 6) is -2.89. The minimum absolute atomic E-state index is 0.376. The number of benzene rings is 1. The summed E-state index contributed by atoms with van der Waals surface area (Å²) in [6.07, 6.45) is -9.11. The van der Waals surface area contributed by atoms with Gasteiger partial charge in [-0.15, -0.1) is 0 Å². The summed E-state index contributed by atoms with van der Waals surface area (Å²) in [5.41, 5.74) is -5.47. The van der Waals surface area contributed by atoms with Gasteiger partial charge in [0.05, 0.1) is 21.5 Å². The van der Waals surface area contributed by atoms with Gasteiger partial charge in [-0.3, -0.25) is 4.79 Å². The van der Waals surface area contributed by atoms with E-state index >= 15 is 0 Å². The zero-order valence-corrected chi connectivity index (χ0v) is 14.9. The first-order valence-electron chi connectivity index (χ1n) is 7.70. The van der Waals surface area contributed by atoms with E-state index in [0.717, 1.165) is 6.07 Å². The van der Waals surface area contributed by atoms with Crippen molar-refractivity contribution in [1.82, 2.24) is 4.98 Å². The van der Waals surface area contributed by atoms with Crippen LogP contribution in [0.1, 0.15) is 21.5 Å². The second-order valence-electron chi connectivity index (χ2n) is 5.83. The van der Waals surface area contributed by atoms with Crippen molar-refractivity contribution in [2.24, 2.45) is 0 Å². The summed E-state index contributed by atoms with van der Waals surface area (Å²) in [4.78, 5) is 27.7. The highest BCUT2D eigenvalue weighted by Gasteiger charge is 2.33. The number of hydrogen-bond acceptors (Lipinski definition) is 5. The quantitative estimate of drug-likeness (QED) is 0.429. The molecule has 0 radical (unpaired) electrons. The second-order valence-corrected chi connectivity index (χ2v) is 6.24. The predicted molar refractivity (Wildman–Crippen MR) is 91.4 cm³/mol. The molecule has 2 aromatic heterocycles. The summed E-state index contributed by atoms with van der Waals surface area (Å²) in [7, 11) is 0. The van der Waals surface area contributed by atoms with E-state index in [2.05, 4.69) is 9.40 Å². The van der Waals surface area contributed by atoms with Gasteiger partial charge in [0.25, 0.3) is 5.91 Å². The lowest BCUT2D eigenvalue weighted by Crippen LogP contribution is -2.22. The maximum absolute atomic E-state index is 12.8. The Balaban J connectivity index is 2.01. The number of aromatic hydroxyl groups is 1. The maximum Gasteiger partial charge on any atom is 0.417 e. The molecule has 0 spiro atoms. The van der Waals surface area contributed by atoms with Gasteiger partial charge in [-0.25, -0.2) is 9.78 Å². The Kier molecular flexibility index (Phi) is 5.14. The highest BCUT2D eigenvalue weighted by Crippen LogP contribution is 2.35. The predicted octanol–water partition coefficient (Wildman–Crippen LogP) is 4.84. The van der Waals surface area contributed by atoms with E-state index < -0.39 is 62.7 Å². The minimum atomic E-state index is -4.75. The van der Waals surface area contributed by atoms with Crippen LogP contribution in [0.5, 0.6) is 5.75 Å². The second kappa shape index (κ2) is 7.20. The van der Waals surface area contributed by atoms with E-state index in [1.54, 1.807) is 0 Å². The summed E-state index contributed by atoms with van der Waals surface area (Å²) in [6, 6.07) is 2.33. The molecule has 0 unspecified atom stereocenters. The average molecular weight is 453 g/mol. The maximum atomic E-state index is 12.8. The number of nitrogens with one attached hydrogen (secondary N) is 1. The third kappa shape index (κ3) is 4.03. The molecule has 0 saturated carbocycles. The summed E-state index contributed by atoms with van der Waals surface area (Å²) in [5, 5.41) is 11.1. The molecule has 1 aromatic carbocycles. The normalized spacial score (nSPS) is 12.2. The van der Waals surface area contributed by atoms with Gasteiger partial charge in [0, 0.05) is 6.20 Å². The third-order valence-corrected chi connectivity index (χ3v) is 4.12. The molecule has 3 rings (SSSR count). The van der Waals surface area contributed by atoms with Crippen LogP contribution in [-0.2, 0) is 12.4 Å². The Morgan fingerprint density at radius 2 is 1.70 bits per heavy atom. The molecule has 13 heteroatoms. The number of amides is 1. The molecule has 0 aliphatic heterocycles. The van der Waals surface area contributed by atoms with Crippen LogP contribution in [0.15, 0.2) is 39.7 Å². The smallest absolute Gasteiger partial charge is 0.417 e. The van der Waals surface area contributed by atoms with Crippen LogP contribution >= 0.6 is 11.6 Å².